The molecule has 0 aliphatic rings. The number of carboxylic acids is 1. The Hall–Kier alpha value is -2.10. The molecule has 0 atom stereocenters. The molecule has 4 heteroatoms. The van der Waals surface area contributed by atoms with Gasteiger partial charge in [0, 0.05) is 12.6 Å². The molecule has 0 radical (unpaired) electrons. The molecule has 1 heterocycles. The van der Waals surface area contributed by atoms with Crippen molar-refractivity contribution in [2.24, 2.45) is 0 Å². The third-order valence-corrected chi connectivity index (χ3v) is 2.84. The van der Waals surface area contributed by atoms with Crippen LogP contribution in [0.4, 0.5) is 0 Å². The third-order valence-electron chi connectivity index (χ3n) is 2.84. The van der Waals surface area contributed by atoms with Crippen molar-refractivity contribution in [3.8, 4) is 5.69 Å². The first-order valence-electron chi connectivity index (χ1n) is 5.90. The maximum atomic E-state index is 10.5. The first-order valence-corrected chi connectivity index (χ1v) is 5.90. The molecule has 1 aromatic carbocycles. The number of benzene rings is 1. The summed E-state index contributed by atoms with van der Waals surface area (Å²) >= 11 is 0. The maximum Gasteiger partial charge on any atom is 0.303 e. The molecular formula is C14H16N2O2. The number of hydrogen-bond acceptors (Lipinski definition) is 2. The highest BCUT2D eigenvalue weighted by atomic mass is 16.4. The van der Waals surface area contributed by atoms with Crippen LogP contribution in [0, 0.1) is 13.8 Å². The van der Waals surface area contributed by atoms with Gasteiger partial charge in [-0.3, -0.25) is 4.79 Å². The summed E-state index contributed by atoms with van der Waals surface area (Å²) in [5.41, 5.74) is 4.21. The van der Waals surface area contributed by atoms with Gasteiger partial charge in [-0.25, -0.2) is 4.68 Å². The van der Waals surface area contributed by atoms with E-state index in [9.17, 15) is 4.79 Å². The Bertz CT molecular complexity index is 573. The zero-order valence-corrected chi connectivity index (χ0v) is 10.6. The molecule has 0 unspecified atom stereocenters. The van der Waals surface area contributed by atoms with Gasteiger partial charge in [-0.15, -0.1) is 0 Å². The number of rotatable bonds is 4. The maximum absolute atomic E-state index is 10.5. The Morgan fingerprint density at radius 3 is 2.78 bits per heavy atom. The van der Waals surface area contributed by atoms with E-state index < -0.39 is 5.97 Å². The van der Waals surface area contributed by atoms with Gasteiger partial charge in [0.1, 0.15) is 0 Å². The molecule has 0 bridgehead atoms. The minimum absolute atomic E-state index is 0.115. The number of hydrogen-bond donors (Lipinski definition) is 1. The van der Waals surface area contributed by atoms with E-state index in [1.54, 1.807) is 4.68 Å². The molecule has 1 N–H and O–H groups in total. The van der Waals surface area contributed by atoms with Crippen LogP contribution in [0.15, 0.2) is 30.5 Å². The first kappa shape index (κ1) is 12.4. The fourth-order valence-corrected chi connectivity index (χ4v) is 1.93. The van der Waals surface area contributed by atoms with Crippen LogP contribution in [0.25, 0.3) is 5.69 Å². The van der Waals surface area contributed by atoms with E-state index in [4.69, 9.17) is 5.11 Å². The van der Waals surface area contributed by atoms with Gasteiger partial charge >= 0.3 is 5.97 Å². The van der Waals surface area contributed by atoms with Gasteiger partial charge in [0.2, 0.25) is 0 Å². The predicted molar refractivity (Wildman–Crippen MR) is 69.0 cm³/mol. The van der Waals surface area contributed by atoms with Crippen molar-refractivity contribution in [3.63, 3.8) is 0 Å². The molecule has 4 nitrogen and oxygen atoms in total. The van der Waals surface area contributed by atoms with Crippen molar-refractivity contribution < 1.29 is 9.90 Å². The molecule has 2 rings (SSSR count). The summed E-state index contributed by atoms with van der Waals surface area (Å²) in [7, 11) is 0. The highest BCUT2D eigenvalue weighted by Crippen LogP contribution is 2.15. The van der Waals surface area contributed by atoms with Crippen LogP contribution in [-0.2, 0) is 11.2 Å². The average molecular weight is 244 g/mol. The summed E-state index contributed by atoms with van der Waals surface area (Å²) in [6.45, 7) is 4.10. The van der Waals surface area contributed by atoms with E-state index in [0.717, 1.165) is 16.9 Å². The van der Waals surface area contributed by atoms with Crippen LogP contribution >= 0.6 is 0 Å². The smallest absolute Gasteiger partial charge is 0.303 e. The monoisotopic (exact) mass is 244 g/mol. The van der Waals surface area contributed by atoms with E-state index in [0.29, 0.717) is 6.42 Å². The van der Waals surface area contributed by atoms with Crippen molar-refractivity contribution in [1.82, 2.24) is 9.78 Å². The Kier molecular flexibility index (Phi) is 3.46. The molecule has 0 aliphatic heterocycles. The second-order valence-corrected chi connectivity index (χ2v) is 4.44. The fraction of sp³-hybridized carbons (Fsp3) is 0.286. The lowest BCUT2D eigenvalue weighted by molar-refractivity contribution is -0.136. The lowest BCUT2D eigenvalue weighted by Gasteiger charge is -2.06. The number of aliphatic carboxylic acids is 1. The topological polar surface area (TPSA) is 55.1 Å². The van der Waals surface area contributed by atoms with E-state index in [2.05, 4.69) is 18.1 Å². The van der Waals surface area contributed by atoms with Crippen LogP contribution < -0.4 is 0 Å². The molecule has 2 aromatic rings. The molecule has 18 heavy (non-hydrogen) atoms. The molecular weight excluding hydrogens is 228 g/mol. The fourth-order valence-electron chi connectivity index (χ4n) is 1.93. The number of aromatic nitrogens is 2. The van der Waals surface area contributed by atoms with Crippen molar-refractivity contribution in [2.45, 2.75) is 26.7 Å². The molecule has 1 aromatic heterocycles. The quantitative estimate of drug-likeness (QED) is 0.899. The lowest BCUT2D eigenvalue weighted by atomic mass is 10.1. The normalized spacial score (nSPS) is 10.6. The number of nitrogens with zero attached hydrogens (tertiary/aromatic N) is 2. The zero-order valence-electron chi connectivity index (χ0n) is 10.6. The third kappa shape index (κ3) is 2.77. The van der Waals surface area contributed by atoms with Gasteiger partial charge in [-0.2, -0.15) is 5.10 Å². The Morgan fingerprint density at radius 1 is 1.33 bits per heavy atom. The Morgan fingerprint density at radius 2 is 2.11 bits per heavy atom. The van der Waals surface area contributed by atoms with E-state index in [-0.39, 0.29) is 6.42 Å². The van der Waals surface area contributed by atoms with Gasteiger partial charge in [0.05, 0.1) is 17.8 Å². The highest BCUT2D eigenvalue weighted by molar-refractivity contribution is 5.66. The minimum atomic E-state index is -0.795. The van der Waals surface area contributed by atoms with Gasteiger partial charge in [0.15, 0.2) is 0 Å². The highest BCUT2D eigenvalue weighted by Gasteiger charge is 2.05. The van der Waals surface area contributed by atoms with E-state index in [1.807, 2.05) is 31.3 Å². The zero-order chi connectivity index (χ0) is 13.1. The first-order chi connectivity index (χ1) is 8.56. The SMILES string of the molecule is Cc1ccc(-n2ccc(CCC(=O)O)n2)c(C)c1. The van der Waals surface area contributed by atoms with Crippen molar-refractivity contribution in [3.05, 3.63) is 47.3 Å². The Balaban J connectivity index is 2.21. The summed E-state index contributed by atoms with van der Waals surface area (Å²) in [4.78, 5) is 10.5. The summed E-state index contributed by atoms with van der Waals surface area (Å²) in [5, 5.41) is 13.0. The molecule has 0 spiro atoms. The van der Waals surface area contributed by atoms with E-state index in [1.165, 1.54) is 5.56 Å². The molecule has 0 amide bonds. The lowest BCUT2D eigenvalue weighted by Crippen LogP contribution is -2.01. The summed E-state index contributed by atoms with van der Waals surface area (Å²) in [5.74, 6) is -0.795. The summed E-state index contributed by atoms with van der Waals surface area (Å²) in [6, 6.07) is 8.04. The van der Waals surface area contributed by atoms with Gasteiger partial charge in [-0.05, 0) is 31.5 Å². The minimum Gasteiger partial charge on any atom is -0.481 e. The van der Waals surface area contributed by atoms with Crippen LogP contribution in [0.3, 0.4) is 0 Å². The standard InChI is InChI=1S/C14H16N2O2/c1-10-3-5-13(11(2)9-10)16-8-7-12(15-16)4-6-14(17)18/h3,5,7-9H,4,6H2,1-2H3,(H,17,18). The molecule has 0 aliphatic carbocycles. The van der Waals surface area contributed by atoms with Crippen molar-refractivity contribution in [2.75, 3.05) is 0 Å². The Labute approximate surface area is 106 Å². The number of aryl methyl sites for hydroxylation is 3. The molecule has 94 valence electrons. The van der Waals surface area contributed by atoms with Crippen molar-refractivity contribution in [1.29, 1.82) is 0 Å². The number of carbonyl (C=O) groups is 1. The molecule has 0 fully saturated rings. The summed E-state index contributed by atoms with van der Waals surface area (Å²) < 4.78 is 1.80. The molecule has 0 saturated carbocycles. The van der Waals surface area contributed by atoms with Crippen molar-refractivity contribution >= 4 is 5.97 Å². The second kappa shape index (κ2) is 5.04. The van der Waals surface area contributed by atoms with Gasteiger partial charge in [-0.1, -0.05) is 17.7 Å². The van der Waals surface area contributed by atoms with Crippen LogP contribution in [0.2, 0.25) is 0 Å². The van der Waals surface area contributed by atoms with Gasteiger partial charge in [0.25, 0.3) is 0 Å². The van der Waals surface area contributed by atoms with Crippen LogP contribution in [-0.4, -0.2) is 20.9 Å². The second-order valence-electron chi connectivity index (χ2n) is 4.44. The average Bonchev–Trinajstić information content (AvgIpc) is 2.75. The van der Waals surface area contributed by atoms with E-state index >= 15 is 0 Å². The number of carboxylic acid groups (broad SMARTS) is 1. The largest absolute Gasteiger partial charge is 0.481 e. The van der Waals surface area contributed by atoms with Gasteiger partial charge < -0.3 is 5.11 Å². The molecule has 0 saturated heterocycles. The summed E-state index contributed by atoms with van der Waals surface area (Å²) in [6.07, 6.45) is 2.45. The van der Waals surface area contributed by atoms with Crippen LogP contribution in [0.1, 0.15) is 23.2 Å². The predicted octanol–water partition coefficient (Wildman–Crippen LogP) is 2.51. The van der Waals surface area contributed by atoms with Crippen LogP contribution in [0.5, 0.6) is 0 Å².